The van der Waals surface area contributed by atoms with Crippen molar-refractivity contribution >= 4 is 37.7 Å². The zero-order valence-electron chi connectivity index (χ0n) is 9.37. The number of aromatic nitrogens is 2. The summed E-state index contributed by atoms with van der Waals surface area (Å²) in [6.07, 6.45) is 0. The van der Waals surface area contributed by atoms with E-state index in [2.05, 4.69) is 55.7 Å². The number of anilines is 1. The molecule has 0 amide bonds. The fraction of sp³-hybridized carbons (Fsp3) is 0.273. The molecule has 2 heterocycles. The Morgan fingerprint density at radius 2 is 1.94 bits per heavy atom. The SMILES string of the molecule is CC(C)c1cc(N)nc(-c2cc(Br)c(Br)o2)n1. The minimum atomic E-state index is 0.292. The van der Waals surface area contributed by atoms with Gasteiger partial charge in [0.25, 0.3) is 0 Å². The van der Waals surface area contributed by atoms with Crippen molar-refractivity contribution < 1.29 is 4.42 Å². The van der Waals surface area contributed by atoms with E-state index in [0.717, 1.165) is 10.2 Å². The first-order chi connectivity index (χ1) is 7.97. The van der Waals surface area contributed by atoms with Crippen molar-refractivity contribution in [2.24, 2.45) is 0 Å². The predicted molar refractivity (Wildman–Crippen MR) is 73.6 cm³/mol. The molecule has 2 N–H and O–H groups in total. The van der Waals surface area contributed by atoms with E-state index in [0.29, 0.717) is 28.0 Å². The summed E-state index contributed by atoms with van der Waals surface area (Å²) in [7, 11) is 0. The molecule has 0 atom stereocenters. The molecule has 0 aliphatic rings. The summed E-state index contributed by atoms with van der Waals surface area (Å²) in [5, 5.41) is 0. The average molecular weight is 361 g/mol. The Labute approximate surface area is 116 Å². The first-order valence-electron chi connectivity index (χ1n) is 5.07. The van der Waals surface area contributed by atoms with Gasteiger partial charge in [0.1, 0.15) is 5.82 Å². The standard InChI is InChI=1S/C11H11Br2N3O/c1-5(2)7-4-9(14)16-11(15-7)8-3-6(12)10(13)17-8/h3-5H,1-2H3,(H2,14,15,16). The van der Waals surface area contributed by atoms with E-state index in [1.165, 1.54) is 0 Å². The van der Waals surface area contributed by atoms with Gasteiger partial charge in [-0.25, -0.2) is 9.97 Å². The number of nitrogens with zero attached hydrogens (tertiary/aromatic N) is 2. The van der Waals surface area contributed by atoms with Gasteiger partial charge in [0.15, 0.2) is 16.3 Å². The van der Waals surface area contributed by atoms with Gasteiger partial charge in [-0.2, -0.15) is 0 Å². The molecule has 2 aromatic heterocycles. The minimum absolute atomic E-state index is 0.292. The Morgan fingerprint density at radius 1 is 1.24 bits per heavy atom. The molecular weight excluding hydrogens is 350 g/mol. The van der Waals surface area contributed by atoms with Crippen LogP contribution in [-0.4, -0.2) is 9.97 Å². The highest BCUT2D eigenvalue weighted by atomic mass is 79.9. The van der Waals surface area contributed by atoms with Crippen LogP contribution in [-0.2, 0) is 0 Å². The highest BCUT2D eigenvalue weighted by Crippen LogP contribution is 2.32. The molecular formula is C11H11Br2N3O. The van der Waals surface area contributed by atoms with Crippen LogP contribution in [0, 0.1) is 0 Å². The van der Waals surface area contributed by atoms with E-state index >= 15 is 0 Å². The van der Waals surface area contributed by atoms with E-state index in [1.54, 1.807) is 6.07 Å². The fourth-order valence-electron chi connectivity index (χ4n) is 1.35. The molecule has 0 unspecified atom stereocenters. The van der Waals surface area contributed by atoms with Crippen molar-refractivity contribution in [2.45, 2.75) is 19.8 Å². The lowest BCUT2D eigenvalue weighted by atomic mass is 10.1. The zero-order valence-corrected chi connectivity index (χ0v) is 12.5. The molecule has 6 heteroatoms. The number of nitrogens with two attached hydrogens (primary N) is 1. The Bertz CT molecular complexity index is 532. The zero-order chi connectivity index (χ0) is 12.6. The molecule has 17 heavy (non-hydrogen) atoms. The van der Waals surface area contributed by atoms with Gasteiger partial charge in [-0.15, -0.1) is 0 Å². The molecule has 2 aromatic rings. The first-order valence-corrected chi connectivity index (χ1v) is 6.65. The number of nitrogen functional groups attached to an aromatic ring is 1. The van der Waals surface area contributed by atoms with Crippen molar-refractivity contribution in [3.63, 3.8) is 0 Å². The van der Waals surface area contributed by atoms with Crippen LogP contribution < -0.4 is 5.73 Å². The van der Waals surface area contributed by atoms with E-state index in [-0.39, 0.29) is 0 Å². The van der Waals surface area contributed by atoms with Crippen LogP contribution in [0.2, 0.25) is 0 Å². The summed E-state index contributed by atoms with van der Waals surface area (Å²) >= 11 is 6.63. The maximum atomic E-state index is 5.76. The number of halogens is 2. The van der Waals surface area contributed by atoms with Crippen LogP contribution >= 0.6 is 31.9 Å². The summed E-state index contributed by atoms with van der Waals surface area (Å²) in [4.78, 5) is 8.60. The van der Waals surface area contributed by atoms with E-state index < -0.39 is 0 Å². The van der Waals surface area contributed by atoms with Crippen molar-refractivity contribution in [3.05, 3.63) is 27.0 Å². The number of rotatable bonds is 2. The fourth-order valence-corrected chi connectivity index (χ4v) is 1.93. The van der Waals surface area contributed by atoms with Gasteiger partial charge in [0.2, 0.25) is 0 Å². The second kappa shape index (κ2) is 4.78. The van der Waals surface area contributed by atoms with Crippen molar-refractivity contribution in [1.29, 1.82) is 0 Å². The molecule has 0 aliphatic heterocycles. The van der Waals surface area contributed by atoms with Gasteiger partial charge in [0, 0.05) is 17.8 Å². The normalized spacial score (nSPS) is 11.1. The van der Waals surface area contributed by atoms with Crippen LogP contribution in [0.25, 0.3) is 11.6 Å². The van der Waals surface area contributed by atoms with Crippen LogP contribution in [0.15, 0.2) is 25.7 Å². The molecule has 2 rings (SSSR count). The third kappa shape index (κ3) is 2.69. The summed E-state index contributed by atoms with van der Waals surface area (Å²) in [5.74, 6) is 1.82. The van der Waals surface area contributed by atoms with E-state index in [4.69, 9.17) is 10.2 Å². The van der Waals surface area contributed by atoms with E-state index in [1.807, 2.05) is 6.07 Å². The van der Waals surface area contributed by atoms with Crippen LogP contribution in [0.4, 0.5) is 5.82 Å². The van der Waals surface area contributed by atoms with Gasteiger partial charge >= 0.3 is 0 Å². The predicted octanol–water partition coefficient (Wildman–Crippen LogP) is 3.97. The Kier molecular flexibility index (Phi) is 3.53. The van der Waals surface area contributed by atoms with Crippen molar-refractivity contribution in [3.8, 4) is 11.6 Å². The number of furan rings is 1. The third-order valence-corrected chi connectivity index (χ3v) is 3.93. The largest absolute Gasteiger partial charge is 0.445 e. The number of hydrogen-bond donors (Lipinski definition) is 1. The Morgan fingerprint density at radius 3 is 2.47 bits per heavy atom. The molecule has 0 radical (unpaired) electrons. The topological polar surface area (TPSA) is 64.9 Å². The van der Waals surface area contributed by atoms with E-state index in [9.17, 15) is 0 Å². The molecule has 0 spiro atoms. The summed E-state index contributed by atoms with van der Waals surface area (Å²) in [6.45, 7) is 4.11. The molecule has 0 saturated heterocycles. The van der Waals surface area contributed by atoms with Gasteiger partial charge in [-0.1, -0.05) is 13.8 Å². The van der Waals surface area contributed by atoms with Crippen LogP contribution in [0.3, 0.4) is 0 Å². The third-order valence-electron chi connectivity index (χ3n) is 2.22. The van der Waals surface area contributed by atoms with Crippen molar-refractivity contribution in [2.75, 3.05) is 5.73 Å². The lowest BCUT2D eigenvalue weighted by molar-refractivity contribution is 0.549. The second-order valence-electron chi connectivity index (χ2n) is 3.93. The molecule has 0 aromatic carbocycles. The monoisotopic (exact) mass is 359 g/mol. The molecule has 0 aliphatic carbocycles. The Balaban J connectivity index is 2.51. The maximum absolute atomic E-state index is 5.76. The van der Waals surface area contributed by atoms with Gasteiger partial charge in [-0.05, 0) is 37.8 Å². The molecule has 0 bridgehead atoms. The van der Waals surface area contributed by atoms with Crippen LogP contribution in [0.1, 0.15) is 25.5 Å². The lowest BCUT2D eigenvalue weighted by Gasteiger charge is -2.06. The Hall–Kier alpha value is -0.880. The van der Waals surface area contributed by atoms with Gasteiger partial charge in [-0.3, -0.25) is 0 Å². The molecule has 90 valence electrons. The highest BCUT2D eigenvalue weighted by molar-refractivity contribution is 9.13. The number of hydrogen-bond acceptors (Lipinski definition) is 4. The average Bonchev–Trinajstić information content (AvgIpc) is 2.58. The van der Waals surface area contributed by atoms with Crippen LogP contribution in [0.5, 0.6) is 0 Å². The first kappa shape index (κ1) is 12.6. The molecule has 4 nitrogen and oxygen atoms in total. The summed E-state index contributed by atoms with van der Waals surface area (Å²) in [5.41, 5.74) is 6.66. The second-order valence-corrected chi connectivity index (χ2v) is 5.50. The lowest BCUT2D eigenvalue weighted by Crippen LogP contribution is -2.01. The smallest absolute Gasteiger partial charge is 0.197 e. The van der Waals surface area contributed by atoms with Crippen molar-refractivity contribution in [1.82, 2.24) is 9.97 Å². The summed E-state index contributed by atoms with van der Waals surface area (Å²) in [6, 6.07) is 3.59. The quantitative estimate of drug-likeness (QED) is 0.879. The minimum Gasteiger partial charge on any atom is -0.445 e. The molecule has 0 saturated carbocycles. The van der Waals surface area contributed by atoms with Gasteiger partial charge in [0.05, 0.1) is 4.47 Å². The maximum Gasteiger partial charge on any atom is 0.197 e. The van der Waals surface area contributed by atoms with Gasteiger partial charge < -0.3 is 10.2 Å². The highest BCUT2D eigenvalue weighted by Gasteiger charge is 2.13. The summed E-state index contributed by atoms with van der Waals surface area (Å²) < 4.78 is 6.92. The molecule has 0 fully saturated rings.